The van der Waals surface area contributed by atoms with Crippen LogP contribution in [0.15, 0.2) is 24.3 Å². The molecule has 1 aliphatic heterocycles. The molecule has 1 heterocycles. The normalized spacial score (nSPS) is 19.0. The van der Waals surface area contributed by atoms with Crippen LogP contribution in [0.5, 0.6) is 0 Å². The van der Waals surface area contributed by atoms with Crippen LogP contribution in [-0.2, 0) is 11.3 Å². The lowest BCUT2D eigenvalue weighted by atomic mass is 10.1. The Bertz CT molecular complexity index is 707. The molecule has 28 heavy (non-hydrogen) atoms. The van der Waals surface area contributed by atoms with Crippen molar-refractivity contribution in [2.24, 2.45) is 0 Å². The fourth-order valence-electron chi connectivity index (χ4n) is 3.94. The number of hydrogen-bond donors (Lipinski definition) is 2. The number of carbonyl (C=O) groups excluding carboxylic acids is 2. The van der Waals surface area contributed by atoms with Crippen LogP contribution in [0.1, 0.15) is 43.2 Å². The number of nitrogens with one attached hydrogen (secondary N) is 2. The number of nitrogens with zero attached hydrogens (tertiary/aromatic N) is 3. The third kappa shape index (κ3) is 6.32. The first-order chi connectivity index (χ1) is 13.6. The number of nitriles is 1. The summed E-state index contributed by atoms with van der Waals surface area (Å²) in [6, 6.07) is 9.67. The first-order valence-corrected chi connectivity index (χ1v) is 10.2. The summed E-state index contributed by atoms with van der Waals surface area (Å²) < 4.78 is 0. The molecule has 7 heteroatoms. The summed E-state index contributed by atoms with van der Waals surface area (Å²) in [6.07, 6.45) is 5.28. The molecule has 0 atom stereocenters. The smallest absolute Gasteiger partial charge is 0.321 e. The van der Waals surface area contributed by atoms with Gasteiger partial charge in [-0.15, -0.1) is 0 Å². The molecule has 1 saturated carbocycles. The molecule has 150 valence electrons. The van der Waals surface area contributed by atoms with Crippen LogP contribution in [0.2, 0.25) is 0 Å². The molecule has 0 bridgehead atoms. The number of urea groups is 1. The topological polar surface area (TPSA) is 88.5 Å². The van der Waals surface area contributed by atoms with Crippen LogP contribution in [-0.4, -0.2) is 60.5 Å². The van der Waals surface area contributed by atoms with Gasteiger partial charge in [0.25, 0.3) is 0 Å². The molecule has 7 nitrogen and oxygen atoms in total. The summed E-state index contributed by atoms with van der Waals surface area (Å²) in [4.78, 5) is 28.6. The fraction of sp³-hybridized carbons (Fsp3) is 0.571. The number of hydrogen-bond acceptors (Lipinski definition) is 5. The van der Waals surface area contributed by atoms with Gasteiger partial charge in [-0.05, 0) is 50.0 Å². The van der Waals surface area contributed by atoms with Crippen molar-refractivity contribution in [3.05, 3.63) is 35.4 Å². The van der Waals surface area contributed by atoms with E-state index in [1.165, 1.54) is 5.56 Å². The first kappa shape index (κ1) is 20.3. The number of benzene rings is 1. The summed E-state index contributed by atoms with van der Waals surface area (Å²) in [6.45, 7) is 4.59. The second-order valence-corrected chi connectivity index (χ2v) is 7.72. The highest BCUT2D eigenvalue weighted by Crippen LogP contribution is 2.17. The molecule has 0 spiro atoms. The standard InChI is InChI=1S/C21H29N5O2/c22-14-17-6-8-18(9-7-17)15-25-10-3-11-26(13-12-25)16-20(27)24-21(28)23-19-4-1-2-5-19/h6-9,19H,1-5,10-13,15-16H2,(H2,23,24,27,28). The Kier molecular flexibility index (Phi) is 7.40. The molecule has 0 radical (unpaired) electrons. The second-order valence-electron chi connectivity index (χ2n) is 7.72. The minimum absolute atomic E-state index is 0.210. The summed E-state index contributed by atoms with van der Waals surface area (Å²) >= 11 is 0. The van der Waals surface area contributed by atoms with Crippen molar-refractivity contribution in [1.82, 2.24) is 20.4 Å². The highest BCUT2D eigenvalue weighted by molar-refractivity contribution is 5.95. The molecule has 1 aromatic carbocycles. The van der Waals surface area contributed by atoms with Crippen LogP contribution in [0.25, 0.3) is 0 Å². The zero-order valence-electron chi connectivity index (χ0n) is 16.3. The highest BCUT2D eigenvalue weighted by atomic mass is 16.2. The van der Waals surface area contributed by atoms with Gasteiger partial charge in [0.15, 0.2) is 0 Å². The third-order valence-corrected chi connectivity index (χ3v) is 5.48. The number of imide groups is 1. The second kappa shape index (κ2) is 10.2. The maximum atomic E-state index is 12.2. The molecule has 2 fully saturated rings. The van der Waals surface area contributed by atoms with Crippen LogP contribution in [0, 0.1) is 11.3 Å². The summed E-state index contributed by atoms with van der Waals surface area (Å²) in [5, 5.41) is 14.2. The Hall–Kier alpha value is -2.43. The van der Waals surface area contributed by atoms with Gasteiger partial charge in [-0.3, -0.25) is 19.9 Å². The summed E-state index contributed by atoms with van der Waals surface area (Å²) in [7, 11) is 0. The molecular weight excluding hydrogens is 354 g/mol. The Labute approximate surface area is 166 Å². The lowest BCUT2D eigenvalue weighted by molar-refractivity contribution is -0.121. The van der Waals surface area contributed by atoms with Crippen molar-refractivity contribution in [2.45, 2.75) is 44.7 Å². The third-order valence-electron chi connectivity index (χ3n) is 5.48. The van der Waals surface area contributed by atoms with Gasteiger partial charge in [0.1, 0.15) is 0 Å². The fourth-order valence-corrected chi connectivity index (χ4v) is 3.94. The van der Waals surface area contributed by atoms with Crippen molar-refractivity contribution in [3.8, 4) is 6.07 Å². The van der Waals surface area contributed by atoms with E-state index in [0.717, 1.165) is 64.8 Å². The van der Waals surface area contributed by atoms with Crippen LogP contribution >= 0.6 is 0 Å². The number of amides is 3. The predicted molar refractivity (Wildman–Crippen MR) is 106 cm³/mol. The van der Waals surface area contributed by atoms with Crippen LogP contribution in [0.3, 0.4) is 0 Å². The zero-order valence-corrected chi connectivity index (χ0v) is 16.3. The molecule has 2 N–H and O–H groups in total. The van der Waals surface area contributed by atoms with E-state index in [0.29, 0.717) is 5.56 Å². The van der Waals surface area contributed by atoms with Gasteiger partial charge >= 0.3 is 6.03 Å². The molecular formula is C21H29N5O2. The van der Waals surface area contributed by atoms with E-state index in [2.05, 4.69) is 26.5 Å². The van der Waals surface area contributed by atoms with Gasteiger partial charge in [0, 0.05) is 25.7 Å². The van der Waals surface area contributed by atoms with E-state index in [1.807, 2.05) is 24.3 Å². The summed E-state index contributed by atoms with van der Waals surface area (Å²) in [5.74, 6) is -0.240. The number of rotatable bonds is 5. The predicted octanol–water partition coefficient (Wildman–Crippen LogP) is 1.83. The molecule has 3 amide bonds. The highest BCUT2D eigenvalue weighted by Gasteiger charge is 2.20. The Morgan fingerprint density at radius 3 is 2.39 bits per heavy atom. The quantitative estimate of drug-likeness (QED) is 0.810. The zero-order chi connectivity index (χ0) is 19.8. The average molecular weight is 383 g/mol. The number of carbonyl (C=O) groups is 2. The van der Waals surface area contributed by atoms with E-state index in [1.54, 1.807) is 0 Å². The molecule has 1 aliphatic carbocycles. The van der Waals surface area contributed by atoms with E-state index in [-0.39, 0.29) is 24.5 Å². The summed E-state index contributed by atoms with van der Waals surface area (Å²) in [5.41, 5.74) is 1.86. The maximum Gasteiger partial charge on any atom is 0.321 e. The van der Waals surface area contributed by atoms with E-state index in [9.17, 15) is 9.59 Å². The Morgan fingerprint density at radius 1 is 1.00 bits per heavy atom. The largest absolute Gasteiger partial charge is 0.335 e. The minimum atomic E-state index is -0.367. The van der Waals surface area contributed by atoms with Crippen molar-refractivity contribution in [3.63, 3.8) is 0 Å². The monoisotopic (exact) mass is 383 g/mol. The van der Waals surface area contributed by atoms with Gasteiger partial charge in [0.2, 0.25) is 5.91 Å². The van der Waals surface area contributed by atoms with Gasteiger partial charge in [-0.1, -0.05) is 25.0 Å². The van der Waals surface area contributed by atoms with Crippen LogP contribution in [0.4, 0.5) is 4.79 Å². The SMILES string of the molecule is N#Cc1ccc(CN2CCCN(CC(=O)NC(=O)NC3CCCC3)CC2)cc1. The average Bonchev–Trinajstić information content (AvgIpc) is 3.09. The van der Waals surface area contributed by atoms with Crippen LogP contribution < -0.4 is 10.6 Å². The van der Waals surface area contributed by atoms with Gasteiger partial charge in [-0.25, -0.2) is 4.79 Å². The molecule has 0 unspecified atom stereocenters. The maximum absolute atomic E-state index is 12.2. The lowest BCUT2D eigenvalue weighted by Gasteiger charge is -2.21. The van der Waals surface area contributed by atoms with Crippen molar-refractivity contribution >= 4 is 11.9 Å². The van der Waals surface area contributed by atoms with Crippen molar-refractivity contribution in [1.29, 1.82) is 5.26 Å². The molecule has 1 saturated heterocycles. The van der Waals surface area contributed by atoms with Crippen molar-refractivity contribution in [2.75, 3.05) is 32.7 Å². The molecule has 0 aromatic heterocycles. The minimum Gasteiger partial charge on any atom is -0.335 e. The van der Waals surface area contributed by atoms with Crippen molar-refractivity contribution < 1.29 is 9.59 Å². The lowest BCUT2D eigenvalue weighted by Crippen LogP contribution is -2.47. The molecule has 1 aromatic rings. The Morgan fingerprint density at radius 2 is 1.68 bits per heavy atom. The van der Waals surface area contributed by atoms with Gasteiger partial charge in [-0.2, -0.15) is 5.26 Å². The Balaban J connectivity index is 1.39. The van der Waals surface area contributed by atoms with E-state index in [4.69, 9.17) is 5.26 Å². The molecule has 2 aliphatic rings. The van der Waals surface area contributed by atoms with Gasteiger partial charge < -0.3 is 5.32 Å². The molecule has 3 rings (SSSR count). The first-order valence-electron chi connectivity index (χ1n) is 10.2. The van der Waals surface area contributed by atoms with Gasteiger partial charge in [0.05, 0.1) is 18.2 Å². The van der Waals surface area contributed by atoms with E-state index < -0.39 is 0 Å². The van der Waals surface area contributed by atoms with E-state index >= 15 is 0 Å².